The number of imidazole rings is 1. The lowest BCUT2D eigenvalue weighted by Gasteiger charge is -2.18. The summed E-state index contributed by atoms with van der Waals surface area (Å²) in [7, 11) is 0. The molecule has 2 rings (SSSR count). The summed E-state index contributed by atoms with van der Waals surface area (Å²) in [6.45, 7) is 7.39. The zero-order chi connectivity index (χ0) is 15.5. The second-order valence-corrected chi connectivity index (χ2v) is 6.38. The van der Waals surface area contributed by atoms with Crippen molar-refractivity contribution >= 4 is 17.1 Å². The first-order chi connectivity index (χ1) is 9.83. The average molecular weight is 290 g/mol. The second-order valence-electron chi connectivity index (χ2n) is 6.38. The molecule has 0 aliphatic carbocycles. The van der Waals surface area contributed by atoms with E-state index in [0.717, 1.165) is 16.6 Å². The van der Waals surface area contributed by atoms with Gasteiger partial charge in [0.05, 0.1) is 11.0 Å². The maximum absolute atomic E-state index is 11.6. The van der Waals surface area contributed by atoms with E-state index < -0.39 is 0 Å². The van der Waals surface area contributed by atoms with Gasteiger partial charge in [-0.3, -0.25) is 0 Å². The van der Waals surface area contributed by atoms with Crippen LogP contribution in [0, 0.1) is 5.41 Å². The van der Waals surface area contributed by atoms with Crippen molar-refractivity contribution in [3.05, 3.63) is 34.2 Å². The molecule has 0 aliphatic rings. The first-order valence-corrected chi connectivity index (χ1v) is 7.06. The van der Waals surface area contributed by atoms with E-state index in [0.29, 0.717) is 19.5 Å². The summed E-state index contributed by atoms with van der Waals surface area (Å²) in [4.78, 5) is 28.2. The van der Waals surface area contributed by atoms with Crippen LogP contribution in [0.4, 0.5) is 4.79 Å². The quantitative estimate of drug-likeness (QED) is 0.691. The van der Waals surface area contributed by atoms with Crippen molar-refractivity contribution in [2.75, 3.05) is 13.1 Å². The molecule has 114 valence electrons. The summed E-state index contributed by atoms with van der Waals surface area (Å²) in [5, 5.41) is 5.67. The number of benzene rings is 1. The van der Waals surface area contributed by atoms with Crippen molar-refractivity contribution in [1.82, 2.24) is 20.6 Å². The number of hydrogen-bond donors (Lipinski definition) is 4. The predicted octanol–water partition coefficient (Wildman–Crippen LogP) is 1.74. The smallest absolute Gasteiger partial charge is 0.323 e. The van der Waals surface area contributed by atoms with Crippen molar-refractivity contribution < 1.29 is 4.79 Å². The molecule has 4 N–H and O–H groups in total. The minimum atomic E-state index is -0.207. The van der Waals surface area contributed by atoms with Gasteiger partial charge in [-0.2, -0.15) is 0 Å². The standard InChI is InChI=1S/C15H22N4O2/c1-15(2,3)9-17-13(20)16-7-6-10-4-5-11-12(8-10)19-14(21)18-11/h4-5,8H,6-7,9H2,1-3H3,(H2,16,17,20)(H2,18,19,21). The number of nitrogens with one attached hydrogen (secondary N) is 4. The molecule has 0 unspecified atom stereocenters. The summed E-state index contributed by atoms with van der Waals surface area (Å²) < 4.78 is 0. The first kappa shape index (κ1) is 15.2. The van der Waals surface area contributed by atoms with Crippen LogP contribution < -0.4 is 16.3 Å². The fourth-order valence-electron chi connectivity index (χ4n) is 1.96. The van der Waals surface area contributed by atoms with Crippen molar-refractivity contribution in [3.8, 4) is 0 Å². The van der Waals surface area contributed by atoms with Crippen molar-refractivity contribution in [2.24, 2.45) is 5.41 Å². The van der Waals surface area contributed by atoms with E-state index in [1.807, 2.05) is 18.2 Å². The van der Waals surface area contributed by atoms with Gasteiger partial charge in [0.25, 0.3) is 0 Å². The molecular formula is C15H22N4O2. The Labute approximate surface area is 123 Å². The molecule has 1 heterocycles. The Hall–Kier alpha value is -2.24. The van der Waals surface area contributed by atoms with Crippen LogP contribution >= 0.6 is 0 Å². The monoisotopic (exact) mass is 290 g/mol. The third-order valence-electron chi connectivity index (χ3n) is 3.06. The van der Waals surface area contributed by atoms with Gasteiger partial charge in [-0.25, -0.2) is 9.59 Å². The van der Waals surface area contributed by atoms with Crippen molar-refractivity contribution in [2.45, 2.75) is 27.2 Å². The molecule has 2 amide bonds. The third-order valence-corrected chi connectivity index (χ3v) is 3.06. The Kier molecular flexibility index (Phi) is 4.35. The molecule has 0 saturated carbocycles. The summed E-state index contributed by atoms with van der Waals surface area (Å²) in [6, 6.07) is 5.58. The maximum Gasteiger partial charge on any atom is 0.323 e. The lowest BCUT2D eigenvalue weighted by atomic mass is 9.97. The molecular weight excluding hydrogens is 268 g/mol. The van der Waals surface area contributed by atoms with Crippen LogP contribution in [0.15, 0.2) is 23.0 Å². The molecule has 0 radical (unpaired) electrons. The van der Waals surface area contributed by atoms with Gasteiger partial charge in [-0.15, -0.1) is 0 Å². The molecule has 6 heteroatoms. The van der Waals surface area contributed by atoms with Crippen LogP contribution in [0.2, 0.25) is 0 Å². The van der Waals surface area contributed by atoms with Crippen molar-refractivity contribution in [3.63, 3.8) is 0 Å². The van der Waals surface area contributed by atoms with Gasteiger partial charge in [0.15, 0.2) is 0 Å². The van der Waals surface area contributed by atoms with Gasteiger partial charge in [0.2, 0.25) is 0 Å². The van der Waals surface area contributed by atoms with Gasteiger partial charge in [-0.05, 0) is 29.5 Å². The van der Waals surface area contributed by atoms with Gasteiger partial charge in [0, 0.05) is 13.1 Å². The Bertz CT molecular complexity index is 679. The summed E-state index contributed by atoms with van der Waals surface area (Å²) in [6.07, 6.45) is 0.714. The SMILES string of the molecule is CC(C)(C)CNC(=O)NCCc1ccc2[nH]c(=O)[nH]c2c1. The van der Waals surface area contributed by atoms with Crippen LogP contribution in [0.25, 0.3) is 11.0 Å². The highest BCUT2D eigenvalue weighted by molar-refractivity contribution is 5.75. The Balaban J connectivity index is 1.82. The number of aromatic amines is 2. The Morgan fingerprint density at radius 1 is 1.14 bits per heavy atom. The number of urea groups is 1. The van der Waals surface area contributed by atoms with Crippen LogP contribution in [-0.2, 0) is 6.42 Å². The fraction of sp³-hybridized carbons (Fsp3) is 0.467. The number of hydrogen-bond acceptors (Lipinski definition) is 2. The van der Waals surface area contributed by atoms with Gasteiger partial charge in [0.1, 0.15) is 0 Å². The Morgan fingerprint density at radius 3 is 2.57 bits per heavy atom. The average Bonchev–Trinajstić information content (AvgIpc) is 2.75. The molecule has 0 atom stereocenters. The molecule has 21 heavy (non-hydrogen) atoms. The van der Waals surface area contributed by atoms with Gasteiger partial charge < -0.3 is 20.6 Å². The van der Waals surface area contributed by atoms with E-state index in [1.54, 1.807) is 0 Å². The van der Waals surface area contributed by atoms with Crippen LogP contribution in [-0.4, -0.2) is 29.1 Å². The highest BCUT2D eigenvalue weighted by Crippen LogP contribution is 2.11. The number of carbonyl (C=O) groups excluding carboxylic acids is 1. The van der Waals surface area contributed by atoms with E-state index >= 15 is 0 Å². The zero-order valence-electron chi connectivity index (χ0n) is 12.7. The molecule has 2 aromatic rings. The number of fused-ring (bicyclic) bond motifs is 1. The number of amides is 2. The molecule has 6 nitrogen and oxygen atoms in total. The molecule has 1 aromatic carbocycles. The largest absolute Gasteiger partial charge is 0.338 e. The molecule has 0 bridgehead atoms. The minimum absolute atomic E-state index is 0.0720. The first-order valence-electron chi connectivity index (χ1n) is 7.06. The molecule has 0 saturated heterocycles. The molecule has 0 spiro atoms. The Morgan fingerprint density at radius 2 is 1.86 bits per heavy atom. The molecule has 1 aromatic heterocycles. The summed E-state index contributed by atoms with van der Waals surface area (Å²) >= 11 is 0. The van der Waals surface area contributed by atoms with Crippen molar-refractivity contribution in [1.29, 1.82) is 0 Å². The number of carbonyl (C=O) groups is 1. The minimum Gasteiger partial charge on any atom is -0.338 e. The van der Waals surface area contributed by atoms with Gasteiger partial charge in [-0.1, -0.05) is 26.8 Å². The molecule has 0 aliphatic heterocycles. The van der Waals surface area contributed by atoms with Crippen LogP contribution in [0.3, 0.4) is 0 Å². The summed E-state index contributed by atoms with van der Waals surface area (Å²) in [5.74, 6) is 0. The molecule has 0 fully saturated rings. The second kappa shape index (κ2) is 6.03. The van der Waals surface area contributed by atoms with E-state index in [4.69, 9.17) is 0 Å². The lowest BCUT2D eigenvalue weighted by Crippen LogP contribution is -2.40. The number of rotatable bonds is 4. The van der Waals surface area contributed by atoms with Crippen LogP contribution in [0.5, 0.6) is 0 Å². The lowest BCUT2D eigenvalue weighted by molar-refractivity contribution is 0.235. The maximum atomic E-state index is 11.6. The zero-order valence-corrected chi connectivity index (χ0v) is 12.7. The summed E-state index contributed by atoms with van der Waals surface area (Å²) in [5.41, 5.74) is 2.51. The van der Waals surface area contributed by atoms with E-state index in [9.17, 15) is 9.59 Å². The van der Waals surface area contributed by atoms with E-state index in [2.05, 4.69) is 41.4 Å². The number of aromatic nitrogens is 2. The van der Waals surface area contributed by atoms with Crippen LogP contribution in [0.1, 0.15) is 26.3 Å². The van der Waals surface area contributed by atoms with E-state index in [1.165, 1.54) is 0 Å². The highest BCUT2D eigenvalue weighted by atomic mass is 16.2. The topological polar surface area (TPSA) is 89.8 Å². The van der Waals surface area contributed by atoms with Gasteiger partial charge >= 0.3 is 11.7 Å². The predicted molar refractivity (Wildman–Crippen MR) is 83.5 cm³/mol. The highest BCUT2D eigenvalue weighted by Gasteiger charge is 2.11. The number of H-pyrrole nitrogens is 2. The normalized spacial score (nSPS) is 11.6. The third kappa shape index (κ3) is 4.66. The fourth-order valence-corrected chi connectivity index (χ4v) is 1.96. The van der Waals surface area contributed by atoms with E-state index in [-0.39, 0.29) is 17.1 Å².